The largest absolute Gasteiger partial charge is 0.496 e. The van der Waals surface area contributed by atoms with Gasteiger partial charge in [-0.25, -0.2) is 4.98 Å². The first-order valence-electron chi connectivity index (χ1n) is 10.7. The molecule has 30 heavy (non-hydrogen) atoms. The molecule has 2 heterocycles. The monoisotopic (exact) mass is 413 g/mol. The third kappa shape index (κ3) is 5.53. The van der Waals surface area contributed by atoms with E-state index in [2.05, 4.69) is 58.4 Å². The van der Waals surface area contributed by atoms with Gasteiger partial charge in [0, 0.05) is 24.6 Å². The molecule has 7 heteroatoms. The number of likely N-dealkylation sites (tertiary alicyclic amines) is 1. The van der Waals surface area contributed by atoms with Crippen molar-refractivity contribution in [3.05, 3.63) is 47.7 Å². The number of ether oxygens (including phenoxy) is 1. The third-order valence-electron chi connectivity index (χ3n) is 5.47. The highest BCUT2D eigenvalue weighted by Gasteiger charge is 2.26. The molecule has 1 aromatic carbocycles. The van der Waals surface area contributed by atoms with Crippen molar-refractivity contribution in [2.75, 3.05) is 33.8 Å². The fourth-order valence-corrected chi connectivity index (χ4v) is 3.74. The number of nitrogens with zero attached hydrogens (tertiary/aromatic N) is 3. The van der Waals surface area contributed by atoms with Crippen LogP contribution in [-0.4, -0.2) is 49.6 Å². The number of methoxy groups -OCH3 is 1. The SMILES string of the molecule is CN=C(NCc1ncc(C(C)(C)C)o1)NCC(c1ccccc1OC)N1CCCC1. The molecule has 0 radical (unpaired) electrons. The van der Waals surface area contributed by atoms with Crippen molar-refractivity contribution >= 4 is 5.96 Å². The van der Waals surface area contributed by atoms with E-state index in [1.807, 2.05) is 12.1 Å². The van der Waals surface area contributed by atoms with Crippen LogP contribution < -0.4 is 15.4 Å². The molecule has 2 aromatic rings. The summed E-state index contributed by atoms with van der Waals surface area (Å²) in [5.74, 6) is 3.19. The molecule has 7 nitrogen and oxygen atoms in total. The number of aromatic nitrogens is 1. The van der Waals surface area contributed by atoms with Crippen molar-refractivity contribution in [3.8, 4) is 5.75 Å². The van der Waals surface area contributed by atoms with E-state index in [9.17, 15) is 0 Å². The predicted molar refractivity (Wildman–Crippen MR) is 120 cm³/mol. The van der Waals surface area contributed by atoms with E-state index in [-0.39, 0.29) is 11.5 Å². The highest BCUT2D eigenvalue weighted by Crippen LogP contribution is 2.31. The van der Waals surface area contributed by atoms with Gasteiger partial charge in [-0.1, -0.05) is 39.0 Å². The number of guanidine groups is 1. The second kappa shape index (κ2) is 9.98. The summed E-state index contributed by atoms with van der Waals surface area (Å²) in [4.78, 5) is 11.3. The maximum absolute atomic E-state index is 5.87. The Bertz CT molecular complexity index is 834. The maximum atomic E-state index is 5.87. The molecule has 1 fully saturated rings. The smallest absolute Gasteiger partial charge is 0.213 e. The van der Waals surface area contributed by atoms with Crippen LogP contribution in [0.15, 0.2) is 39.9 Å². The van der Waals surface area contributed by atoms with Crippen molar-refractivity contribution in [3.63, 3.8) is 0 Å². The Morgan fingerprint density at radius 3 is 2.60 bits per heavy atom. The van der Waals surface area contributed by atoms with Crippen molar-refractivity contribution in [1.29, 1.82) is 0 Å². The molecule has 0 spiro atoms. The molecular weight excluding hydrogens is 378 g/mol. The van der Waals surface area contributed by atoms with Crippen molar-refractivity contribution < 1.29 is 9.15 Å². The highest BCUT2D eigenvalue weighted by atomic mass is 16.5. The summed E-state index contributed by atoms with van der Waals surface area (Å²) in [5, 5.41) is 6.79. The molecule has 0 aliphatic carbocycles. The quantitative estimate of drug-likeness (QED) is 0.535. The first-order valence-corrected chi connectivity index (χ1v) is 10.7. The first-order chi connectivity index (χ1) is 14.4. The summed E-state index contributed by atoms with van der Waals surface area (Å²) in [7, 11) is 3.51. The number of benzene rings is 1. The Hall–Kier alpha value is -2.54. The van der Waals surface area contributed by atoms with Crippen LogP contribution in [0.3, 0.4) is 0 Å². The van der Waals surface area contributed by atoms with Crippen LogP contribution in [0.4, 0.5) is 0 Å². The topological polar surface area (TPSA) is 74.9 Å². The second-order valence-corrected chi connectivity index (χ2v) is 8.68. The van der Waals surface area contributed by atoms with Crippen molar-refractivity contribution in [1.82, 2.24) is 20.5 Å². The minimum absolute atomic E-state index is 0.0527. The summed E-state index contributed by atoms with van der Waals surface area (Å²) in [6, 6.07) is 8.49. The molecule has 3 rings (SSSR count). The van der Waals surface area contributed by atoms with E-state index < -0.39 is 0 Å². The molecule has 1 saturated heterocycles. The van der Waals surface area contributed by atoms with Crippen LogP contribution in [-0.2, 0) is 12.0 Å². The number of hydrogen-bond acceptors (Lipinski definition) is 5. The van der Waals surface area contributed by atoms with Gasteiger partial charge < -0.3 is 19.8 Å². The zero-order valence-electron chi connectivity index (χ0n) is 18.9. The number of rotatable bonds is 7. The van der Waals surface area contributed by atoms with E-state index in [4.69, 9.17) is 9.15 Å². The van der Waals surface area contributed by atoms with E-state index in [0.29, 0.717) is 12.4 Å². The summed E-state index contributed by atoms with van der Waals surface area (Å²) >= 11 is 0. The predicted octanol–water partition coefficient (Wildman–Crippen LogP) is 3.48. The van der Waals surface area contributed by atoms with Crippen LogP contribution >= 0.6 is 0 Å². The molecule has 1 atom stereocenters. The van der Waals surface area contributed by atoms with Crippen molar-refractivity contribution in [2.45, 2.75) is 51.6 Å². The Morgan fingerprint density at radius 2 is 1.97 bits per heavy atom. The summed E-state index contributed by atoms with van der Waals surface area (Å²) in [5.41, 5.74) is 1.15. The van der Waals surface area contributed by atoms with Crippen LogP contribution in [0.2, 0.25) is 0 Å². The lowest BCUT2D eigenvalue weighted by molar-refractivity contribution is 0.239. The average molecular weight is 414 g/mol. The van der Waals surface area contributed by atoms with Gasteiger partial charge in [-0.2, -0.15) is 0 Å². The van der Waals surface area contributed by atoms with Gasteiger partial charge >= 0.3 is 0 Å². The van der Waals surface area contributed by atoms with Gasteiger partial charge in [-0.05, 0) is 32.0 Å². The number of oxazole rings is 1. The number of nitrogens with one attached hydrogen (secondary N) is 2. The molecule has 0 saturated carbocycles. The Morgan fingerprint density at radius 1 is 1.23 bits per heavy atom. The minimum atomic E-state index is -0.0527. The number of aliphatic imine (C=N–C) groups is 1. The fourth-order valence-electron chi connectivity index (χ4n) is 3.74. The molecular formula is C23H35N5O2. The van der Waals surface area contributed by atoms with E-state index >= 15 is 0 Å². The van der Waals surface area contributed by atoms with Crippen LogP contribution in [0.5, 0.6) is 5.75 Å². The summed E-state index contributed by atoms with van der Waals surface area (Å²) < 4.78 is 11.5. The maximum Gasteiger partial charge on any atom is 0.213 e. The molecule has 0 amide bonds. The highest BCUT2D eigenvalue weighted by molar-refractivity contribution is 5.79. The van der Waals surface area contributed by atoms with Crippen LogP contribution in [0.25, 0.3) is 0 Å². The van der Waals surface area contributed by atoms with E-state index in [1.54, 1.807) is 20.4 Å². The second-order valence-electron chi connectivity index (χ2n) is 8.68. The normalized spacial score (nSPS) is 16.5. The van der Waals surface area contributed by atoms with Gasteiger partial charge in [0.05, 0.1) is 25.9 Å². The van der Waals surface area contributed by atoms with Crippen molar-refractivity contribution in [2.24, 2.45) is 4.99 Å². The summed E-state index contributed by atoms with van der Waals surface area (Å²) in [6.45, 7) is 9.76. The molecule has 1 aromatic heterocycles. The average Bonchev–Trinajstić information content (AvgIpc) is 3.43. The molecule has 1 unspecified atom stereocenters. The fraction of sp³-hybridized carbons (Fsp3) is 0.565. The van der Waals surface area contributed by atoms with Gasteiger partial charge in [0.2, 0.25) is 5.89 Å². The molecule has 1 aliphatic heterocycles. The van der Waals surface area contributed by atoms with Gasteiger partial charge in [0.1, 0.15) is 11.5 Å². The lowest BCUT2D eigenvalue weighted by Crippen LogP contribution is -2.42. The molecule has 164 valence electrons. The van der Waals surface area contributed by atoms with Gasteiger partial charge in [-0.15, -0.1) is 0 Å². The van der Waals surface area contributed by atoms with Gasteiger partial charge in [-0.3, -0.25) is 9.89 Å². The Balaban J connectivity index is 1.64. The Kier molecular flexibility index (Phi) is 7.37. The summed E-state index contributed by atoms with van der Waals surface area (Å²) in [6.07, 6.45) is 4.27. The van der Waals surface area contributed by atoms with Gasteiger partial charge in [0.15, 0.2) is 5.96 Å². The molecule has 0 bridgehead atoms. The molecule has 1 aliphatic rings. The van der Waals surface area contributed by atoms with Crippen LogP contribution in [0, 0.1) is 0 Å². The zero-order chi connectivity index (χ0) is 21.6. The number of para-hydroxylation sites is 1. The zero-order valence-corrected chi connectivity index (χ0v) is 18.9. The first kappa shape index (κ1) is 22.2. The van der Waals surface area contributed by atoms with Crippen LogP contribution in [0.1, 0.15) is 56.9 Å². The standard InChI is InChI=1S/C23H35N5O2/c1-23(2,3)20-15-25-21(30-20)16-27-22(24-4)26-14-18(28-12-8-9-13-28)17-10-6-7-11-19(17)29-5/h6-7,10-11,15,18H,8-9,12-14,16H2,1-5H3,(H2,24,26,27). The Labute approximate surface area is 179 Å². The van der Waals surface area contributed by atoms with Gasteiger partial charge in [0.25, 0.3) is 0 Å². The lowest BCUT2D eigenvalue weighted by Gasteiger charge is -2.29. The minimum Gasteiger partial charge on any atom is -0.496 e. The van der Waals surface area contributed by atoms with E-state index in [0.717, 1.165) is 37.1 Å². The van der Waals surface area contributed by atoms with E-state index in [1.165, 1.54) is 18.4 Å². The molecule has 2 N–H and O–H groups in total. The number of hydrogen-bond donors (Lipinski definition) is 2. The third-order valence-corrected chi connectivity index (χ3v) is 5.47. The lowest BCUT2D eigenvalue weighted by atomic mass is 9.94.